The summed E-state index contributed by atoms with van der Waals surface area (Å²) in [6.45, 7) is 2.50. The van der Waals surface area contributed by atoms with Crippen molar-refractivity contribution in [2.75, 3.05) is 53.0 Å². The number of benzene rings is 2. The molecule has 3 aliphatic heterocycles. The number of carbonyl (C=O) groups is 5. The fourth-order valence-electron chi connectivity index (χ4n) is 7.74. The van der Waals surface area contributed by atoms with Gasteiger partial charge in [0.25, 0.3) is 11.5 Å². The van der Waals surface area contributed by atoms with E-state index in [0.717, 1.165) is 17.1 Å². The highest BCUT2D eigenvalue weighted by Crippen LogP contribution is 2.63. The van der Waals surface area contributed by atoms with Gasteiger partial charge in [-0.15, -0.1) is 0 Å². The summed E-state index contributed by atoms with van der Waals surface area (Å²) < 4.78 is 11.0. The lowest BCUT2D eigenvalue weighted by Gasteiger charge is -2.35. The molecule has 2 fully saturated rings. The van der Waals surface area contributed by atoms with E-state index >= 15 is 0 Å². The number of carboxylic acids is 2. The molecule has 4 aromatic rings. The van der Waals surface area contributed by atoms with Crippen molar-refractivity contribution < 1.29 is 53.9 Å². The molecule has 26 heteroatoms. The van der Waals surface area contributed by atoms with Crippen molar-refractivity contribution in [3.05, 3.63) is 69.5 Å². The van der Waals surface area contributed by atoms with Crippen LogP contribution in [0.4, 0.5) is 27.8 Å². The van der Waals surface area contributed by atoms with Gasteiger partial charge in [-0.25, -0.2) is 24.4 Å². The van der Waals surface area contributed by atoms with E-state index in [-0.39, 0.29) is 82.8 Å². The molecule has 5 atom stereocenters. The van der Waals surface area contributed by atoms with E-state index < -0.39 is 59.6 Å². The Balaban J connectivity index is 0.860. The van der Waals surface area contributed by atoms with Crippen LogP contribution >= 0.6 is 21.6 Å². The number of amides is 3. The number of hydrogen-bond acceptors (Lipinski definition) is 20. The number of anilines is 4. The van der Waals surface area contributed by atoms with Crippen LogP contribution in [0.15, 0.2) is 41.5 Å². The Kier molecular flexibility index (Phi) is 13.4. The summed E-state index contributed by atoms with van der Waals surface area (Å²) in [6.07, 6.45) is 0.749. The summed E-state index contributed by atoms with van der Waals surface area (Å²) in [5.74, 6) is -4.24. The number of aliphatic carboxylic acids is 2. The second kappa shape index (κ2) is 19.0. The number of nitrogens with zero attached hydrogens (tertiary/aromatic N) is 4. The number of phenolic OH excluding ortho intramolecular Hbond substituents is 2. The Labute approximate surface area is 375 Å². The van der Waals surface area contributed by atoms with Crippen LogP contribution in [0.2, 0.25) is 0 Å². The molecule has 65 heavy (non-hydrogen) atoms. The number of piperazine rings is 1. The maximum absolute atomic E-state index is 12.9. The lowest BCUT2D eigenvalue weighted by atomic mass is 9.94. The molecule has 14 N–H and O–H groups in total. The number of carboxylic acid groups (broad SMARTS) is 2. The van der Waals surface area contributed by atoms with Crippen LogP contribution in [0.1, 0.15) is 40.0 Å². The lowest BCUT2D eigenvalue weighted by molar-refractivity contribution is -0.142. The summed E-state index contributed by atoms with van der Waals surface area (Å²) in [6, 6.07) is 3.13. The highest BCUT2D eigenvalue weighted by Gasteiger charge is 2.70. The highest BCUT2D eigenvalue weighted by molar-refractivity contribution is 8.76. The van der Waals surface area contributed by atoms with Crippen LogP contribution in [0.5, 0.6) is 11.5 Å². The van der Waals surface area contributed by atoms with Crippen LogP contribution in [-0.4, -0.2) is 132 Å². The number of aromatic amines is 1. The average molecular weight is 937 g/mol. The number of aromatic nitrogens is 4. The van der Waals surface area contributed by atoms with Crippen molar-refractivity contribution in [1.29, 1.82) is 0 Å². The molecule has 344 valence electrons. The quantitative estimate of drug-likeness (QED) is 0.0144. The van der Waals surface area contributed by atoms with Gasteiger partial charge in [0, 0.05) is 61.0 Å². The third-order valence-corrected chi connectivity index (χ3v) is 13.3. The molecule has 24 nitrogen and oxygen atoms in total. The van der Waals surface area contributed by atoms with Gasteiger partial charge in [0.1, 0.15) is 29.8 Å². The van der Waals surface area contributed by atoms with Crippen molar-refractivity contribution in [1.82, 2.24) is 35.9 Å². The SMILES string of the molecule is CO[C@@]12C(=COC(N)=O)c3c(O)c(NCCSSC[C@@H](NC(=O)CC[C@@H](NC(=O)c4ccc(NCc5cnc6nc(N)[nH]c(=O)c6n5)cc4)C(=O)O)C(=O)O)c(C)c(O)c3N1C[C@@H]1N[C@@H]12. The number of nitrogens with two attached hydrogens (primary N) is 2. The summed E-state index contributed by atoms with van der Waals surface area (Å²) in [5, 5.41) is 56.8. The van der Waals surface area contributed by atoms with E-state index in [1.807, 2.05) is 4.90 Å². The zero-order valence-corrected chi connectivity index (χ0v) is 36.2. The van der Waals surface area contributed by atoms with Gasteiger partial charge < -0.3 is 72.9 Å². The van der Waals surface area contributed by atoms with E-state index in [1.165, 1.54) is 36.2 Å². The number of aromatic hydroxyl groups is 2. The number of ether oxygens (including phenoxy) is 2. The minimum absolute atomic E-state index is 0.0178. The normalized spacial score (nSPS) is 19.4. The number of nitrogens with one attached hydrogen (secondary N) is 6. The molecule has 0 spiro atoms. The van der Waals surface area contributed by atoms with E-state index in [2.05, 4.69) is 46.5 Å². The molecule has 3 aliphatic rings. The van der Waals surface area contributed by atoms with Gasteiger partial charge in [0.2, 0.25) is 11.9 Å². The van der Waals surface area contributed by atoms with Crippen molar-refractivity contribution in [2.24, 2.45) is 5.73 Å². The Morgan fingerprint density at radius 1 is 1.05 bits per heavy atom. The van der Waals surface area contributed by atoms with Gasteiger partial charge in [0.05, 0.1) is 47.0 Å². The molecule has 0 saturated carbocycles. The molecule has 2 aromatic heterocycles. The van der Waals surface area contributed by atoms with Crippen LogP contribution < -0.4 is 48.5 Å². The van der Waals surface area contributed by atoms with Gasteiger partial charge in [-0.05, 0) is 37.6 Å². The van der Waals surface area contributed by atoms with Crippen molar-refractivity contribution >= 4 is 91.2 Å². The third kappa shape index (κ3) is 9.45. The number of carbonyl (C=O) groups excluding carboxylic acids is 3. The first kappa shape index (κ1) is 46.0. The molecule has 0 aliphatic carbocycles. The molecule has 5 heterocycles. The minimum atomic E-state index is -1.46. The zero-order chi connectivity index (χ0) is 46.7. The average Bonchev–Trinajstić information content (AvgIpc) is 3.88. The minimum Gasteiger partial charge on any atom is -0.505 e. The van der Waals surface area contributed by atoms with E-state index in [1.54, 1.807) is 19.1 Å². The van der Waals surface area contributed by atoms with Crippen molar-refractivity contribution in [3.63, 3.8) is 0 Å². The number of H-pyrrole nitrogens is 1. The molecule has 0 radical (unpaired) electrons. The smallest absolute Gasteiger partial charge is 0.409 e. The number of nitrogen functional groups attached to an aromatic ring is 1. The van der Waals surface area contributed by atoms with E-state index in [9.17, 15) is 49.2 Å². The highest BCUT2D eigenvalue weighted by atomic mass is 33.1. The van der Waals surface area contributed by atoms with Gasteiger partial charge in [-0.3, -0.25) is 19.4 Å². The van der Waals surface area contributed by atoms with E-state index in [4.69, 9.17) is 20.9 Å². The standard InChI is InChI=1S/C39H44N12O12S2/c1-16-26(30(54)25-20(14-63-38(41)61)39(62-2)31-22(47-31)13-51(39)28(25)29(16)53)42-9-10-64-65-15-23(36(59)60)46-24(52)8-7-21(35(57)58)48-33(55)17-3-5-18(6-4-17)43-11-19-12-44-32-27(45-19)34(56)50-37(40)49-32/h3-6,12,14,21-23,31,42-43,47,53-54H,7-11,13,15H2,1-2H3,(H2,41,61)(H,46,52)(H,48,55)(H,57,58)(H,59,60)(H3,40,44,49,50,56)/t21-,22+,23-,31+,39-/m1/s1. The second-order valence-corrected chi connectivity index (χ2v) is 17.6. The zero-order valence-electron chi connectivity index (χ0n) is 34.5. The first-order valence-electron chi connectivity index (χ1n) is 19.8. The first-order chi connectivity index (χ1) is 31.0. The number of primary amides is 1. The maximum Gasteiger partial charge on any atom is 0.409 e. The molecular weight excluding hydrogens is 893 g/mol. The van der Waals surface area contributed by atoms with Crippen molar-refractivity contribution in [2.45, 2.75) is 56.2 Å². The first-order valence-corrected chi connectivity index (χ1v) is 22.3. The second-order valence-electron chi connectivity index (χ2n) is 15.0. The Bertz CT molecular complexity index is 2650. The fraction of sp³-hybridized carbons (Fsp3) is 0.359. The maximum atomic E-state index is 12.9. The van der Waals surface area contributed by atoms with Gasteiger partial charge in [0.15, 0.2) is 16.9 Å². The summed E-state index contributed by atoms with van der Waals surface area (Å²) in [5.41, 5.74) is 11.7. The molecule has 0 bridgehead atoms. The van der Waals surface area contributed by atoms with Crippen LogP contribution in [-0.2, 0) is 30.4 Å². The van der Waals surface area contributed by atoms with Crippen LogP contribution in [0.25, 0.3) is 16.7 Å². The summed E-state index contributed by atoms with van der Waals surface area (Å²) in [7, 11) is 3.91. The molecule has 2 saturated heterocycles. The molecule has 7 rings (SSSR count). The predicted octanol–water partition coefficient (Wildman–Crippen LogP) is 0.606. The number of fused-ring (bicyclic) bond motifs is 6. The third-order valence-electron chi connectivity index (χ3n) is 10.9. The van der Waals surface area contributed by atoms with Gasteiger partial charge in [-0.2, -0.15) is 4.98 Å². The molecule has 0 unspecified atom stereocenters. The fourth-order valence-corrected chi connectivity index (χ4v) is 9.80. The largest absolute Gasteiger partial charge is 0.505 e. The summed E-state index contributed by atoms with van der Waals surface area (Å²) in [4.78, 5) is 89.9. The molecular formula is C39H44N12O12S2. The van der Waals surface area contributed by atoms with Gasteiger partial charge in [-0.1, -0.05) is 21.6 Å². The van der Waals surface area contributed by atoms with Crippen LogP contribution in [0.3, 0.4) is 0 Å². The Morgan fingerprint density at radius 2 is 1.78 bits per heavy atom. The number of phenols is 2. The predicted molar refractivity (Wildman–Crippen MR) is 238 cm³/mol. The summed E-state index contributed by atoms with van der Waals surface area (Å²) >= 11 is 0. The van der Waals surface area contributed by atoms with Crippen molar-refractivity contribution in [3.8, 4) is 11.5 Å². The number of hydrogen-bond donors (Lipinski definition) is 12. The number of rotatable bonds is 20. The Hall–Kier alpha value is -7.03. The lowest BCUT2D eigenvalue weighted by Crippen LogP contribution is -2.50. The molecule has 2 aromatic carbocycles. The monoisotopic (exact) mass is 936 g/mol. The molecule has 3 amide bonds. The van der Waals surface area contributed by atoms with Gasteiger partial charge >= 0.3 is 18.0 Å². The topological polar surface area (TPSA) is 382 Å². The Morgan fingerprint density at radius 3 is 2.48 bits per heavy atom. The number of methoxy groups -OCH3 is 1. The van der Waals surface area contributed by atoms with E-state index in [0.29, 0.717) is 40.5 Å². The van der Waals surface area contributed by atoms with Crippen LogP contribution in [0, 0.1) is 6.92 Å².